The van der Waals surface area contributed by atoms with Crippen LogP contribution in [0.25, 0.3) is 31.9 Å². The van der Waals surface area contributed by atoms with E-state index in [0.29, 0.717) is 45.8 Å². The van der Waals surface area contributed by atoms with Crippen LogP contribution in [0.1, 0.15) is 74.1 Å². The second-order valence-corrected chi connectivity index (χ2v) is 16.7. The number of aryl methyl sites for hydroxylation is 2. The quantitative estimate of drug-likeness (QED) is 0.169. The van der Waals surface area contributed by atoms with Crippen LogP contribution in [-0.2, 0) is 27.4 Å². The van der Waals surface area contributed by atoms with Crippen LogP contribution in [0.2, 0.25) is 0 Å². The van der Waals surface area contributed by atoms with Crippen LogP contribution in [0, 0.1) is 11.8 Å². The number of hydrogen-bond donors (Lipinski definition) is 1. The average Bonchev–Trinajstić information content (AvgIpc) is 3.81. The fraction of sp³-hybridized carbons (Fsp3) is 0.432. The minimum Gasteiger partial charge on any atom is -0.481 e. The fourth-order valence-electron chi connectivity index (χ4n) is 7.64. The third-order valence-electron chi connectivity index (χ3n) is 10.3. The highest BCUT2D eigenvalue weighted by Gasteiger charge is 2.43. The van der Waals surface area contributed by atoms with Crippen LogP contribution in [-0.4, -0.2) is 59.4 Å². The number of fused-ring (bicyclic) bond motifs is 3. The molecule has 0 amide bonds. The summed E-state index contributed by atoms with van der Waals surface area (Å²) in [6.45, 7) is 5.69. The number of thiophene rings is 1. The van der Waals surface area contributed by atoms with Crippen LogP contribution in [0.4, 0.5) is 5.82 Å². The van der Waals surface area contributed by atoms with Crippen molar-refractivity contribution in [3.63, 3.8) is 0 Å². The lowest BCUT2D eigenvalue weighted by atomic mass is 9.89. The van der Waals surface area contributed by atoms with E-state index < -0.39 is 9.84 Å². The van der Waals surface area contributed by atoms with E-state index in [1.54, 1.807) is 30.7 Å². The summed E-state index contributed by atoms with van der Waals surface area (Å²) in [5.74, 6) is 2.05. The van der Waals surface area contributed by atoms with Gasteiger partial charge in [-0.2, -0.15) is 4.98 Å². The summed E-state index contributed by atoms with van der Waals surface area (Å²) in [5.41, 5.74) is 5.13. The van der Waals surface area contributed by atoms with Gasteiger partial charge < -0.3 is 14.8 Å². The summed E-state index contributed by atoms with van der Waals surface area (Å²) in [7, 11) is -2.10. The van der Waals surface area contributed by atoms with Crippen LogP contribution in [0.5, 0.6) is 5.88 Å². The molecule has 0 bridgehead atoms. The third-order valence-corrected chi connectivity index (χ3v) is 13.3. The molecule has 49 heavy (non-hydrogen) atoms. The topological polar surface area (TPSA) is 129 Å². The van der Waals surface area contributed by atoms with Crippen molar-refractivity contribution in [3.05, 3.63) is 71.6 Å². The number of pyridine rings is 3. The molecule has 1 saturated heterocycles. The Bertz CT molecular complexity index is 2140. The molecule has 5 aromatic heterocycles. The highest BCUT2D eigenvalue weighted by atomic mass is 32.2. The van der Waals surface area contributed by atoms with Gasteiger partial charge in [-0.3, -0.25) is 9.97 Å². The van der Waals surface area contributed by atoms with Crippen LogP contribution in [0.15, 0.2) is 53.8 Å². The first-order valence-corrected chi connectivity index (χ1v) is 19.6. The molecule has 1 N–H and O–H groups in total. The molecule has 1 fully saturated rings. The number of nitrogens with zero attached hydrogens (tertiary/aromatic N) is 5. The number of sulfone groups is 1. The molecular weight excluding hydrogens is 657 g/mol. The van der Waals surface area contributed by atoms with Gasteiger partial charge in [0.15, 0.2) is 15.7 Å². The summed E-state index contributed by atoms with van der Waals surface area (Å²) in [6, 6.07) is 10.00. The van der Waals surface area contributed by atoms with Gasteiger partial charge in [0.1, 0.15) is 5.82 Å². The summed E-state index contributed by atoms with van der Waals surface area (Å²) in [4.78, 5) is 25.3. The highest BCUT2D eigenvalue weighted by Crippen LogP contribution is 2.51. The Morgan fingerprint density at radius 2 is 1.86 bits per heavy atom. The van der Waals surface area contributed by atoms with Crippen molar-refractivity contribution in [1.82, 2.24) is 24.9 Å². The molecule has 254 valence electrons. The highest BCUT2D eigenvalue weighted by molar-refractivity contribution is 7.92. The van der Waals surface area contributed by atoms with Crippen molar-refractivity contribution >= 4 is 37.1 Å². The summed E-state index contributed by atoms with van der Waals surface area (Å²) >= 11 is 1.56. The van der Waals surface area contributed by atoms with Gasteiger partial charge in [0.25, 0.3) is 0 Å². The van der Waals surface area contributed by atoms with Crippen molar-refractivity contribution in [2.45, 2.75) is 69.2 Å². The van der Waals surface area contributed by atoms with E-state index in [-0.39, 0.29) is 23.6 Å². The standard InChI is InChI=1S/C37H40N6O4S2/c1-21(2)25-20-49(44,45)35-32(29-19-23-10-15-40-37(34(23)48-29)42-27-9-8-26-24(27)5-4-14-38-26)31(36-39-16-11-30(43-36)46-3)28(41-33(25)35)7-6-22-12-17-47-18-13-22/h4-5,10-11,14-16,19,21-22,25,27H,6-9,12-13,17-18,20H2,1-3H3,(H,40,42)/t25?,27-/m1/s1. The van der Waals surface area contributed by atoms with Gasteiger partial charge in [-0.15, -0.1) is 11.3 Å². The maximum Gasteiger partial charge on any atom is 0.216 e. The minimum absolute atomic E-state index is 0.0379. The van der Waals surface area contributed by atoms with E-state index in [1.165, 1.54) is 5.56 Å². The summed E-state index contributed by atoms with van der Waals surface area (Å²) in [5, 5.41) is 4.69. The monoisotopic (exact) mass is 696 g/mol. The number of nitrogens with one attached hydrogen (secondary N) is 1. The average molecular weight is 697 g/mol. The van der Waals surface area contributed by atoms with Crippen molar-refractivity contribution in [1.29, 1.82) is 0 Å². The molecular formula is C37H40N6O4S2. The molecule has 2 atom stereocenters. The normalized spacial score (nSPS) is 20.1. The summed E-state index contributed by atoms with van der Waals surface area (Å²) < 4.78 is 40.7. The molecule has 0 spiro atoms. The number of ether oxygens (including phenoxy) is 2. The molecule has 1 aliphatic carbocycles. The number of aromatic nitrogens is 5. The van der Waals surface area contributed by atoms with Gasteiger partial charge in [0.2, 0.25) is 5.88 Å². The molecule has 2 aliphatic heterocycles. The Morgan fingerprint density at radius 3 is 2.67 bits per heavy atom. The maximum atomic E-state index is 14.3. The molecule has 8 rings (SSSR count). The maximum absolute atomic E-state index is 14.3. The van der Waals surface area contributed by atoms with E-state index in [1.807, 2.05) is 24.5 Å². The van der Waals surface area contributed by atoms with E-state index in [2.05, 4.69) is 36.3 Å². The largest absolute Gasteiger partial charge is 0.481 e. The molecule has 0 radical (unpaired) electrons. The second kappa shape index (κ2) is 13.0. The summed E-state index contributed by atoms with van der Waals surface area (Å²) in [6.07, 6.45) is 10.8. The zero-order valence-corrected chi connectivity index (χ0v) is 29.6. The molecule has 0 saturated carbocycles. The Hall–Kier alpha value is -4.00. The molecule has 10 nitrogen and oxygen atoms in total. The zero-order valence-electron chi connectivity index (χ0n) is 28.0. The van der Waals surface area contributed by atoms with Gasteiger partial charge in [0.05, 0.1) is 45.5 Å². The Balaban J connectivity index is 1.33. The van der Waals surface area contributed by atoms with Crippen molar-refractivity contribution in [2.75, 3.05) is 31.4 Å². The number of anilines is 1. The first kappa shape index (κ1) is 32.2. The lowest BCUT2D eigenvalue weighted by molar-refractivity contribution is 0.0639. The molecule has 3 aliphatic rings. The number of hydrogen-bond acceptors (Lipinski definition) is 11. The van der Waals surface area contributed by atoms with Gasteiger partial charge in [-0.1, -0.05) is 19.9 Å². The predicted octanol–water partition coefficient (Wildman–Crippen LogP) is 7.20. The molecule has 0 aromatic carbocycles. The minimum atomic E-state index is -3.67. The second-order valence-electron chi connectivity index (χ2n) is 13.6. The van der Waals surface area contributed by atoms with Crippen LogP contribution >= 0.6 is 11.3 Å². The molecule has 1 unspecified atom stereocenters. The lowest BCUT2D eigenvalue weighted by Gasteiger charge is -2.23. The molecule has 12 heteroatoms. The lowest BCUT2D eigenvalue weighted by Crippen LogP contribution is -2.17. The fourth-order valence-corrected chi connectivity index (χ4v) is 11.1. The van der Waals surface area contributed by atoms with Crippen molar-refractivity contribution in [3.8, 4) is 27.7 Å². The van der Waals surface area contributed by atoms with Gasteiger partial charge >= 0.3 is 0 Å². The van der Waals surface area contributed by atoms with Crippen LogP contribution in [0.3, 0.4) is 0 Å². The Kier molecular flexibility index (Phi) is 8.57. The smallest absolute Gasteiger partial charge is 0.216 e. The van der Waals surface area contributed by atoms with E-state index in [0.717, 1.165) is 77.5 Å². The van der Waals surface area contributed by atoms with Gasteiger partial charge in [0, 0.05) is 59.9 Å². The first-order valence-electron chi connectivity index (χ1n) is 17.1. The van der Waals surface area contributed by atoms with Gasteiger partial charge in [-0.25, -0.2) is 18.4 Å². The van der Waals surface area contributed by atoms with Crippen molar-refractivity contribution in [2.24, 2.45) is 11.8 Å². The zero-order chi connectivity index (χ0) is 33.7. The number of methoxy groups -OCH3 is 1. The predicted molar refractivity (Wildman–Crippen MR) is 191 cm³/mol. The first-order chi connectivity index (χ1) is 23.8. The molecule has 5 aromatic rings. The number of rotatable bonds is 9. The Morgan fingerprint density at radius 1 is 1.02 bits per heavy atom. The SMILES string of the molecule is COc1ccnc(-c2c(CCC3CCOCC3)nc3c(c2-c2cc4ccnc(N[C@@H]5CCc6ncccc65)c4s2)S(=O)(=O)CC3C(C)C)n1. The van der Waals surface area contributed by atoms with E-state index in [9.17, 15) is 8.42 Å². The third kappa shape index (κ3) is 5.97. The Labute approximate surface area is 290 Å². The van der Waals surface area contributed by atoms with Crippen LogP contribution < -0.4 is 10.1 Å². The van der Waals surface area contributed by atoms with E-state index >= 15 is 0 Å². The van der Waals surface area contributed by atoms with Gasteiger partial charge in [-0.05, 0) is 79.5 Å². The van der Waals surface area contributed by atoms with E-state index in [4.69, 9.17) is 29.4 Å². The molecule has 7 heterocycles. The van der Waals surface area contributed by atoms with Crippen molar-refractivity contribution < 1.29 is 17.9 Å².